The molecule has 0 N–H and O–H groups in total. The van der Waals surface area contributed by atoms with Gasteiger partial charge in [0.1, 0.15) is 17.4 Å². The molecule has 12 rings (SSSR count). The molecule has 57 heavy (non-hydrogen) atoms. The van der Waals surface area contributed by atoms with E-state index in [1.54, 1.807) is 0 Å². The van der Waals surface area contributed by atoms with E-state index < -0.39 is 0 Å². The van der Waals surface area contributed by atoms with Crippen molar-refractivity contribution < 1.29 is 9.15 Å². The first kappa shape index (κ1) is 31.8. The van der Waals surface area contributed by atoms with Crippen LogP contribution in [0.1, 0.15) is 58.5 Å². The summed E-state index contributed by atoms with van der Waals surface area (Å²) >= 11 is 0. The fraction of sp³-hybridized carbons (Fsp3) is 0.0980. The van der Waals surface area contributed by atoms with Gasteiger partial charge in [0.05, 0.1) is 40.0 Å². The number of aromatic nitrogens is 2. The molecule has 268 valence electrons. The van der Waals surface area contributed by atoms with Crippen molar-refractivity contribution in [1.82, 2.24) is 9.13 Å². The summed E-state index contributed by atoms with van der Waals surface area (Å²) in [7, 11) is 0. The number of benzene rings is 6. The van der Waals surface area contributed by atoms with Crippen LogP contribution in [0.3, 0.4) is 0 Å². The molecule has 0 spiro atoms. The average molecular weight is 733 g/mol. The van der Waals surface area contributed by atoms with Crippen molar-refractivity contribution in [2.45, 2.75) is 31.8 Å². The Labute approximate surface area is 328 Å². The van der Waals surface area contributed by atoms with Crippen LogP contribution in [-0.2, 0) is 6.42 Å². The van der Waals surface area contributed by atoms with E-state index in [0.29, 0.717) is 11.1 Å². The van der Waals surface area contributed by atoms with Gasteiger partial charge in [-0.3, -0.25) is 0 Å². The molecule has 2 aliphatic carbocycles. The van der Waals surface area contributed by atoms with E-state index >= 15 is 0 Å². The van der Waals surface area contributed by atoms with Crippen molar-refractivity contribution in [1.29, 1.82) is 10.5 Å². The Morgan fingerprint density at radius 3 is 2.42 bits per heavy atom. The number of nitriles is 2. The molecule has 0 fully saturated rings. The molecule has 0 bridgehead atoms. The fourth-order valence-electron chi connectivity index (χ4n) is 9.91. The smallest absolute Gasteiger partial charge is 0.160 e. The number of nitrogens with zero attached hydrogens (tertiary/aromatic N) is 4. The van der Waals surface area contributed by atoms with E-state index in [-0.39, 0.29) is 12.0 Å². The average Bonchev–Trinajstić information content (AvgIpc) is 4.01. The van der Waals surface area contributed by atoms with E-state index in [0.717, 1.165) is 96.4 Å². The Morgan fingerprint density at radius 2 is 1.53 bits per heavy atom. The third-order valence-electron chi connectivity index (χ3n) is 12.4. The lowest BCUT2D eigenvalue weighted by atomic mass is 9.82. The lowest BCUT2D eigenvalue weighted by Gasteiger charge is -2.26. The monoisotopic (exact) mass is 732 g/mol. The summed E-state index contributed by atoms with van der Waals surface area (Å²) in [5, 5.41) is 25.6. The number of fused-ring (bicyclic) bond motifs is 13. The topological polar surface area (TPSA) is 79.8 Å². The van der Waals surface area contributed by atoms with Crippen LogP contribution in [0.15, 0.2) is 132 Å². The summed E-state index contributed by atoms with van der Waals surface area (Å²) in [5.41, 5.74) is 15.2. The molecule has 1 unspecified atom stereocenters. The molecule has 4 heterocycles. The van der Waals surface area contributed by atoms with Crippen LogP contribution in [0.4, 0.5) is 0 Å². The van der Waals surface area contributed by atoms with Gasteiger partial charge >= 0.3 is 0 Å². The molecule has 9 aromatic rings. The number of aryl methyl sites for hydroxylation is 1. The molecule has 3 aromatic heterocycles. The highest BCUT2D eigenvalue weighted by Gasteiger charge is 2.40. The van der Waals surface area contributed by atoms with Crippen molar-refractivity contribution in [3.05, 3.63) is 167 Å². The standard InChI is InChI=1S/C51H32N4O2/c1-29-48-40-13-3-7-15-44(40)54(45(48)26-42-37-12-5-9-17-47(37)56-50(29)42)34-23-30(27-52)22-32(24-34)41-25-33(19-18-31(41)28-53)55-43-14-6-2-10-35(43)38-20-21-39-36-11-4-8-16-46(36)57-51(39)49(38)55/h3-9,11-26,29,50H,2,10H2,1H3/t29-,50?/m1/s1. The highest BCUT2D eigenvalue weighted by molar-refractivity contribution is 6.16. The zero-order valence-electron chi connectivity index (χ0n) is 31.0. The van der Waals surface area contributed by atoms with Gasteiger partial charge in [-0.1, -0.05) is 73.7 Å². The Kier molecular flexibility index (Phi) is 6.54. The number of hydrogen-bond donors (Lipinski definition) is 0. The summed E-state index contributed by atoms with van der Waals surface area (Å²) < 4.78 is 17.8. The van der Waals surface area contributed by atoms with Crippen molar-refractivity contribution >= 4 is 61.5 Å². The Balaban J connectivity index is 1.10. The SMILES string of the molecule is C[C@@H]1c2c(n(-c3cc(C#N)cc(-c4cc(-n5c6c(c7ccc8c9ccccc9oc8c75)CCC=C6)ccc4C#N)c3)c3ccccc23)C=C2c3ccccc3OC21. The molecule has 0 radical (unpaired) electrons. The van der Waals surface area contributed by atoms with Gasteiger partial charge in [-0.2, -0.15) is 10.5 Å². The minimum Gasteiger partial charge on any atom is -0.484 e. The largest absolute Gasteiger partial charge is 0.484 e. The molecule has 2 atom stereocenters. The minimum atomic E-state index is -0.0813. The second-order valence-corrected chi connectivity index (χ2v) is 15.4. The molecule has 1 aliphatic heterocycles. The predicted octanol–water partition coefficient (Wildman–Crippen LogP) is 12.3. The molecule has 6 heteroatoms. The molecule has 6 aromatic carbocycles. The van der Waals surface area contributed by atoms with Crippen molar-refractivity contribution in [3.63, 3.8) is 0 Å². The maximum Gasteiger partial charge on any atom is 0.160 e. The van der Waals surface area contributed by atoms with E-state index in [9.17, 15) is 10.5 Å². The minimum absolute atomic E-state index is 0.0813. The number of para-hydroxylation sites is 3. The Morgan fingerprint density at radius 1 is 0.702 bits per heavy atom. The third-order valence-corrected chi connectivity index (χ3v) is 12.4. The summed E-state index contributed by atoms with van der Waals surface area (Å²) in [6.07, 6.45) is 8.55. The Hall–Kier alpha value is -7.54. The first-order valence-electron chi connectivity index (χ1n) is 19.4. The number of furan rings is 1. The number of allylic oxidation sites excluding steroid dienone is 1. The molecule has 6 nitrogen and oxygen atoms in total. The lowest BCUT2D eigenvalue weighted by molar-refractivity contribution is 0.248. The quantitative estimate of drug-likeness (QED) is 0.181. The van der Waals surface area contributed by atoms with Crippen molar-refractivity contribution in [3.8, 4) is 40.4 Å². The van der Waals surface area contributed by atoms with Gasteiger partial charge < -0.3 is 18.3 Å². The van der Waals surface area contributed by atoms with Crippen LogP contribution in [0.25, 0.3) is 84.0 Å². The van der Waals surface area contributed by atoms with Crippen molar-refractivity contribution in [2.75, 3.05) is 0 Å². The number of ether oxygens (including phenoxy) is 1. The first-order chi connectivity index (χ1) is 28.1. The summed E-state index contributed by atoms with van der Waals surface area (Å²) in [6, 6.07) is 46.3. The first-order valence-corrected chi connectivity index (χ1v) is 19.4. The van der Waals surface area contributed by atoms with Crippen LogP contribution < -0.4 is 4.74 Å². The number of rotatable bonds is 3. The van der Waals surface area contributed by atoms with Gasteiger partial charge in [-0.25, -0.2) is 0 Å². The van der Waals surface area contributed by atoms with E-state index in [1.165, 1.54) is 22.1 Å². The maximum absolute atomic E-state index is 10.6. The highest BCUT2D eigenvalue weighted by Crippen LogP contribution is 2.51. The normalized spacial score (nSPS) is 16.5. The third kappa shape index (κ3) is 4.38. The zero-order chi connectivity index (χ0) is 37.9. The van der Waals surface area contributed by atoms with Crippen LogP contribution in [0, 0.1) is 22.7 Å². The van der Waals surface area contributed by atoms with E-state index in [1.807, 2.05) is 54.6 Å². The molecule has 0 amide bonds. The van der Waals surface area contributed by atoms with E-state index in [4.69, 9.17) is 9.15 Å². The zero-order valence-corrected chi connectivity index (χ0v) is 31.0. The molecule has 0 saturated heterocycles. The second-order valence-electron chi connectivity index (χ2n) is 15.4. The van der Waals surface area contributed by atoms with Gasteiger partial charge in [-0.15, -0.1) is 0 Å². The van der Waals surface area contributed by atoms with Crippen LogP contribution in [-0.4, -0.2) is 15.2 Å². The predicted molar refractivity (Wildman–Crippen MR) is 227 cm³/mol. The highest BCUT2D eigenvalue weighted by atomic mass is 16.5. The second kappa shape index (κ2) is 11.7. The van der Waals surface area contributed by atoms with Gasteiger partial charge in [0.2, 0.25) is 0 Å². The van der Waals surface area contributed by atoms with Gasteiger partial charge in [0.25, 0.3) is 0 Å². The summed E-state index contributed by atoms with van der Waals surface area (Å²) in [5.74, 6) is 1.00. The molecular formula is C51H32N4O2. The Bertz CT molecular complexity index is 3390. The lowest BCUT2D eigenvalue weighted by Crippen LogP contribution is -2.24. The maximum atomic E-state index is 10.6. The molecule has 3 aliphatic rings. The molecular weight excluding hydrogens is 701 g/mol. The fourth-order valence-corrected chi connectivity index (χ4v) is 9.91. The van der Waals surface area contributed by atoms with Crippen LogP contribution in [0.2, 0.25) is 0 Å². The van der Waals surface area contributed by atoms with E-state index in [2.05, 4.69) is 113 Å². The molecule has 0 saturated carbocycles. The van der Waals surface area contributed by atoms with Gasteiger partial charge in [0.15, 0.2) is 5.58 Å². The number of hydrogen-bond acceptors (Lipinski definition) is 4. The summed E-state index contributed by atoms with van der Waals surface area (Å²) in [6.45, 7) is 2.25. The van der Waals surface area contributed by atoms with Crippen LogP contribution >= 0.6 is 0 Å². The van der Waals surface area contributed by atoms with Gasteiger partial charge in [-0.05, 0) is 102 Å². The summed E-state index contributed by atoms with van der Waals surface area (Å²) in [4.78, 5) is 0. The van der Waals surface area contributed by atoms with Gasteiger partial charge in [0, 0.05) is 61.2 Å². The van der Waals surface area contributed by atoms with Crippen molar-refractivity contribution in [2.24, 2.45) is 0 Å². The van der Waals surface area contributed by atoms with Crippen LogP contribution in [0.5, 0.6) is 5.75 Å².